The van der Waals surface area contributed by atoms with E-state index in [1.165, 1.54) is 42.5 Å². The maximum Gasteiger partial charge on any atom is 0.338 e. The van der Waals surface area contributed by atoms with Crippen molar-refractivity contribution >= 4 is 21.5 Å². The van der Waals surface area contributed by atoms with Gasteiger partial charge < -0.3 is 9.47 Å². The number of nitro benzene ring substituents is 1. The van der Waals surface area contributed by atoms with Crippen molar-refractivity contribution < 1.29 is 27.6 Å². The summed E-state index contributed by atoms with van der Waals surface area (Å²) >= 11 is 0. The number of hydrogen-bond acceptors (Lipinski definition) is 7. The minimum absolute atomic E-state index is 0.115. The summed E-state index contributed by atoms with van der Waals surface area (Å²) in [5.41, 5.74) is 4.55. The number of rotatable bonds is 11. The molecule has 0 aromatic heterocycles. The van der Waals surface area contributed by atoms with E-state index < -0.39 is 32.9 Å². The molecule has 9 heteroatoms. The first-order chi connectivity index (χ1) is 17.6. The van der Waals surface area contributed by atoms with Crippen LogP contribution < -0.4 is 0 Å². The lowest BCUT2D eigenvalue weighted by atomic mass is 10.00. The highest BCUT2D eigenvalue weighted by molar-refractivity contribution is 7.94. The fourth-order valence-electron chi connectivity index (χ4n) is 3.90. The molecule has 1 heterocycles. The SMILES string of the molecule is C=C=C(C)C[C@H](CC[C@@H]1O[C@@H](/C=C/S(=O)(=O)c2ccccc2)CC1=C)OC(=O)c1ccc([N+](=O)[O-])cc1. The standard InChI is InChI=1S/C28H29NO7S/c1-4-20(2)18-24(36-28(30)22-10-12-23(13-11-22)29(31)32)14-15-27-21(3)19-25(35-27)16-17-37(33,34)26-8-6-5-7-9-26/h5-13,16-17,24-25,27H,1,3,14-15,18-19H2,2H3/b17-16+/t24-,25-,27-/m0/s1. The molecule has 1 saturated heterocycles. The zero-order valence-electron chi connectivity index (χ0n) is 20.5. The number of ether oxygens (including phenoxy) is 2. The van der Waals surface area contributed by atoms with Crippen molar-refractivity contribution in [3.8, 4) is 0 Å². The monoisotopic (exact) mass is 523 g/mol. The molecule has 0 bridgehead atoms. The topological polar surface area (TPSA) is 113 Å². The van der Waals surface area contributed by atoms with Crippen LogP contribution in [-0.2, 0) is 19.3 Å². The van der Waals surface area contributed by atoms with E-state index in [9.17, 15) is 23.3 Å². The molecule has 0 aliphatic carbocycles. The number of hydrogen-bond donors (Lipinski definition) is 0. The maximum absolute atomic E-state index is 12.7. The summed E-state index contributed by atoms with van der Waals surface area (Å²) in [6.07, 6.45) is 2.17. The van der Waals surface area contributed by atoms with E-state index in [0.29, 0.717) is 25.7 Å². The van der Waals surface area contributed by atoms with E-state index >= 15 is 0 Å². The van der Waals surface area contributed by atoms with Gasteiger partial charge in [0.25, 0.3) is 5.69 Å². The van der Waals surface area contributed by atoms with Gasteiger partial charge in [-0.1, -0.05) is 31.4 Å². The molecule has 0 radical (unpaired) electrons. The Kier molecular flexibility index (Phi) is 9.36. The third-order valence-corrected chi connectivity index (χ3v) is 7.42. The van der Waals surface area contributed by atoms with Gasteiger partial charge in [0, 0.05) is 30.4 Å². The van der Waals surface area contributed by atoms with Crippen LogP contribution in [0.25, 0.3) is 0 Å². The first kappa shape index (κ1) is 27.8. The largest absolute Gasteiger partial charge is 0.458 e. The quantitative estimate of drug-likeness (QED) is 0.122. The molecule has 1 aliphatic heterocycles. The Balaban J connectivity index is 1.61. The Morgan fingerprint density at radius 3 is 2.54 bits per heavy atom. The van der Waals surface area contributed by atoms with Gasteiger partial charge in [0.1, 0.15) is 6.10 Å². The second kappa shape index (κ2) is 12.5. The fourth-order valence-corrected chi connectivity index (χ4v) is 4.98. The Morgan fingerprint density at radius 1 is 1.24 bits per heavy atom. The van der Waals surface area contributed by atoms with Crippen molar-refractivity contribution in [2.24, 2.45) is 0 Å². The smallest absolute Gasteiger partial charge is 0.338 e. The molecule has 8 nitrogen and oxygen atoms in total. The average Bonchev–Trinajstić information content (AvgIpc) is 3.25. The second-order valence-corrected chi connectivity index (χ2v) is 10.6. The van der Waals surface area contributed by atoms with Gasteiger partial charge in [-0.05, 0) is 61.3 Å². The van der Waals surface area contributed by atoms with E-state index in [1.54, 1.807) is 18.2 Å². The molecule has 0 N–H and O–H groups in total. The second-order valence-electron chi connectivity index (χ2n) is 8.78. The van der Waals surface area contributed by atoms with Gasteiger partial charge in [-0.2, -0.15) is 0 Å². The average molecular weight is 524 g/mol. The summed E-state index contributed by atoms with van der Waals surface area (Å²) in [6, 6.07) is 13.4. The molecule has 1 aliphatic rings. The third-order valence-electron chi connectivity index (χ3n) is 5.98. The summed E-state index contributed by atoms with van der Waals surface area (Å²) in [5.74, 6) is -0.588. The van der Waals surface area contributed by atoms with Gasteiger partial charge in [-0.3, -0.25) is 10.1 Å². The van der Waals surface area contributed by atoms with Crippen molar-refractivity contribution in [2.45, 2.75) is 55.8 Å². The fraction of sp³-hybridized carbons (Fsp3) is 0.286. The summed E-state index contributed by atoms with van der Waals surface area (Å²) in [4.78, 5) is 23.2. The van der Waals surface area contributed by atoms with Crippen LogP contribution in [0.4, 0.5) is 5.69 Å². The van der Waals surface area contributed by atoms with Crippen LogP contribution in [0.1, 0.15) is 43.0 Å². The normalized spacial score (nSPS) is 18.4. The maximum atomic E-state index is 12.7. The van der Waals surface area contributed by atoms with Crippen molar-refractivity contribution in [1.29, 1.82) is 0 Å². The van der Waals surface area contributed by atoms with Crippen LogP contribution in [0.2, 0.25) is 0 Å². The molecule has 3 rings (SSSR count). The summed E-state index contributed by atoms with van der Waals surface area (Å²) in [5, 5.41) is 12.0. The Labute approximate surface area is 216 Å². The van der Waals surface area contributed by atoms with E-state index in [-0.39, 0.29) is 22.3 Å². The molecule has 194 valence electrons. The number of nitrogens with zero attached hydrogens (tertiary/aromatic N) is 1. The van der Waals surface area contributed by atoms with Gasteiger partial charge >= 0.3 is 5.97 Å². The van der Waals surface area contributed by atoms with Crippen molar-refractivity contribution in [2.75, 3.05) is 0 Å². The van der Waals surface area contributed by atoms with Crippen LogP contribution in [0.15, 0.2) is 101 Å². The lowest BCUT2D eigenvalue weighted by Crippen LogP contribution is -2.21. The van der Waals surface area contributed by atoms with Crippen LogP contribution in [-0.4, -0.2) is 37.6 Å². The highest BCUT2D eigenvalue weighted by Gasteiger charge is 2.29. The first-order valence-electron chi connectivity index (χ1n) is 11.7. The minimum atomic E-state index is -3.57. The first-order valence-corrected chi connectivity index (χ1v) is 13.3. The van der Waals surface area contributed by atoms with Crippen molar-refractivity contribution in [3.63, 3.8) is 0 Å². The molecule has 2 aromatic rings. The van der Waals surface area contributed by atoms with Gasteiger partial charge in [0.2, 0.25) is 0 Å². The Bertz CT molecular complexity index is 1320. The number of sulfone groups is 1. The van der Waals surface area contributed by atoms with Crippen molar-refractivity contribution in [3.05, 3.63) is 112 Å². The van der Waals surface area contributed by atoms with Crippen LogP contribution >= 0.6 is 0 Å². The highest BCUT2D eigenvalue weighted by atomic mass is 32.2. The van der Waals surface area contributed by atoms with E-state index in [4.69, 9.17) is 9.47 Å². The lowest BCUT2D eigenvalue weighted by Gasteiger charge is -2.20. The minimum Gasteiger partial charge on any atom is -0.458 e. The van der Waals surface area contributed by atoms with Crippen LogP contribution in [0.3, 0.4) is 0 Å². The molecule has 37 heavy (non-hydrogen) atoms. The summed E-state index contributed by atoms with van der Waals surface area (Å²) in [6.45, 7) is 9.54. The van der Waals surface area contributed by atoms with Crippen LogP contribution in [0, 0.1) is 10.1 Å². The number of benzene rings is 2. The number of non-ortho nitro benzene ring substituents is 1. The van der Waals surface area contributed by atoms with E-state index in [0.717, 1.165) is 16.6 Å². The number of carbonyl (C=O) groups excluding carboxylic acids is 1. The van der Waals surface area contributed by atoms with Crippen LogP contribution in [0.5, 0.6) is 0 Å². The third kappa shape index (κ3) is 7.85. The van der Waals surface area contributed by atoms with Gasteiger partial charge in [0.05, 0.1) is 27.6 Å². The molecule has 0 saturated carbocycles. The zero-order valence-corrected chi connectivity index (χ0v) is 21.4. The molecule has 2 aromatic carbocycles. The predicted octanol–water partition coefficient (Wildman–Crippen LogP) is 5.72. The molecular weight excluding hydrogens is 494 g/mol. The van der Waals surface area contributed by atoms with Crippen molar-refractivity contribution in [1.82, 2.24) is 0 Å². The molecule has 1 fully saturated rings. The molecular formula is C28H29NO7S. The van der Waals surface area contributed by atoms with Gasteiger partial charge in [0.15, 0.2) is 9.84 Å². The molecule has 0 spiro atoms. The highest BCUT2D eigenvalue weighted by Crippen LogP contribution is 2.30. The number of carbonyl (C=O) groups is 1. The molecule has 3 atom stereocenters. The number of esters is 1. The Morgan fingerprint density at radius 2 is 1.92 bits per heavy atom. The zero-order chi connectivity index (χ0) is 27.0. The summed E-state index contributed by atoms with van der Waals surface area (Å²) in [7, 11) is -3.57. The molecule has 0 unspecified atom stereocenters. The summed E-state index contributed by atoms with van der Waals surface area (Å²) < 4.78 is 36.7. The molecule has 0 amide bonds. The van der Waals surface area contributed by atoms with Gasteiger partial charge in [-0.15, -0.1) is 5.73 Å². The van der Waals surface area contributed by atoms with Gasteiger partial charge in [-0.25, -0.2) is 13.2 Å². The van der Waals surface area contributed by atoms with E-state index in [2.05, 4.69) is 18.9 Å². The predicted molar refractivity (Wildman–Crippen MR) is 140 cm³/mol. The Hall–Kier alpha value is -3.78. The lowest BCUT2D eigenvalue weighted by molar-refractivity contribution is -0.384. The number of nitro groups is 1. The van der Waals surface area contributed by atoms with E-state index in [1.807, 2.05) is 6.92 Å².